The maximum absolute atomic E-state index is 10.5. The van der Waals surface area contributed by atoms with E-state index in [9.17, 15) is 4.79 Å². The highest BCUT2D eigenvalue weighted by Gasteiger charge is 1.96. The summed E-state index contributed by atoms with van der Waals surface area (Å²) >= 11 is 0. The minimum absolute atomic E-state index is 0.239. The van der Waals surface area contributed by atoms with Crippen LogP contribution in [0.4, 0.5) is 0 Å². The van der Waals surface area contributed by atoms with Crippen LogP contribution in [-0.2, 0) is 9.53 Å². The van der Waals surface area contributed by atoms with Crippen LogP contribution in [0.3, 0.4) is 0 Å². The molecule has 5 heteroatoms. The number of esters is 1. The SMILES string of the molecule is C=C/C=N\C(=C/C)SSCCOC(C)=O. The molecule has 84 valence electrons. The summed E-state index contributed by atoms with van der Waals surface area (Å²) in [5.74, 6) is 0.516. The van der Waals surface area contributed by atoms with E-state index in [1.807, 2.05) is 13.0 Å². The van der Waals surface area contributed by atoms with E-state index in [0.29, 0.717) is 6.61 Å². The zero-order valence-electron chi connectivity index (χ0n) is 8.93. The van der Waals surface area contributed by atoms with Gasteiger partial charge in [-0.05, 0) is 17.7 Å². The van der Waals surface area contributed by atoms with Crippen molar-refractivity contribution in [2.24, 2.45) is 4.99 Å². The summed E-state index contributed by atoms with van der Waals surface area (Å²) in [6, 6.07) is 0. The number of carbonyl (C=O) groups excluding carboxylic acids is 1. The Morgan fingerprint density at radius 3 is 2.87 bits per heavy atom. The molecule has 0 aromatic carbocycles. The van der Waals surface area contributed by atoms with Crippen LogP contribution >= 0.6 is 21.6 Å². The molecule has 0 rings (SSSR count). The number of hydrogen-bond donors (Lipinski definition) is 0. The van der Waals surface area contributed by atoms with Crippen molar-refractivity contribution < 1.29 is 9.53 Å². The highest BCUT2D eigenvalue weighted by Crippen LogP contribution is 2.30. The molecule has 0 aromatic rings. The number of hydrogen-bond acceptors (Lipinski definition) is 5. The fourth-order valence-electron chi connectivity index (χ4n) is 0.592. The predicted molar refractivity (Wildman–Crippen MR) is 69.1 cm³/mol. The van der Waals surface area contributed by atoms with Crippen molar-refractivity contribution in [1.29, 1.82) is 0 Å². The van der Waals surface area contributed by atoms with Gasteiger partial charge in [0.25, 0.3) is 0 Å². The second-order valence-electron chi connectivity index (χ2n) is 2.39. The van der Waals surface area contributed by atoms with Crippen LogP contribution in [0.1, 0.15) is 13.8 Å². The lowest BCUT2D eigenvalue weighted by Gasteiger charge is -2.01. The summed E-state index contributed by atoms with van der Waals surface area (Å²) in [7, 11) is 3.16. The Morgan fingerprint density at radius 1 is 1.60 bits per heavy atom. The van der Waals surface area contributed by atoms with Crippen LogP contribution in [0.5, 0.6) is 0 Å². The van der Waals surface area contributed by atoms with Crippen LogP contribution in [0.25, 0.3) is 0 Å². The van der Waals surface area contributed by atoms with E-state index < -0.39 is 0 Å². The van der Waals surface area contributed by atoms with Crippen molar-refractivity contribution >= 4 is 33.8 Å². The molecular weight excluding hydrogens is 230 g/mol. The summed E-state index contributed by atoms with van der Waals surface area (Å²) in [4.78, 5) is 14.6. The molecule has 0 aliphatic carbocycles. The van der Waals surface area contributed by atoms with Gasteiger partial charge in [0.1, 0.15) is 11.6 Å². The van der Waals surface area contributed by atoms with Gasteiger partial charge in [0.15, 0.2) is 0 Å². The van der Waals surface area contributed by atoms with Crippen LogP contribution in [-0.4, -0.2) is 24.5 Å². The van der Waals surface area contributed by atoms with Gasteiger partial charge in [0.05, 0.1) is 0 Å². The number of allylic oxidation sites excluding steroid dienone is 2. The van der Waals surface area contributed by atoms with Gasteiger partial charge in [0, 0.05) is 18.9 Å². The molecule has 0 saturated carbocycles. The third kappa shape index (κ3) is 9.62. The van der Waals surface area contributed by atoms with Crippen molar-refractivity contribution in [3.63, 3.8) is 0 Å². The average Bonchev–Trinajstić information content (AvgIpc) is 2.21. The lowest BCUT2D eigenvalue weighted by molar-refractivity contribution is -0.140. The molecule has 0 aliphatic heterocycles. The van der Waals surface area contributed by atoms with Crippen molar-refractivity contribution in [3.05, 3.63) is 23.8 Å². The standard InChI is InChI=1S/C10H15NO2S2/c1-4-6-11-10(5-2)15-14-8-7-13-9(3)12/h4-6H,1,7-8H2,2-3H3/b10-5+,11-6-. The molecule has 0 atom stereocenters. The van der Waals surface area contributed by atoms with Gasteiger partial charge in [-0.25, -0.2) is 4.99 Å². The van der Waals surface area contributed by atoms with Crippen LogP contribution in [0.15, 0.2) is 28.8 Å². The van der Waals surface area contributed by atoms with E-state index in [0.717, 1.165) is 10.8 Å². The number of nitrogens with zero attached hydrogens (tertiary/aromatic N) is 1. The fraction of sp³-hybridized carbons (Fsp3) is 0.400. The summed E-state index contributed by atoms with van der Waals surface area (Å²) in [6.45, 7) is 7.32. The Kier molecular flexibility index (Phi) is 9.41. The average molecular weight is 245 g/mol. The highest BCUT2D eigenvalue weighted by molar-refractivity contribution is 8.78. The third-order valence-electron chi connectivity index (χ3n) is 1.17. The fourth-order valence-corrected chi connectivity index (χ4v) is 2.38. The number of rotatable bonds is 7. The zero-order valence-corrected chi connectivity index (χ0v) is 10.6. The van der Waals surface area contributed by atoms with Gasteiger partial charge >= 0.3 is 5.97 Å². The largest absolute Gasteiger partial charge is 0.465 e. The van der Waals surface area contributed by atoms with Crippen molar-refractivity contribution in [1.82, 2.24) is 0 Å². The first-order valence-electron chi connectivity index (χ1n) is 4.45. The Labute approximate surface area is 98.5 Å². The predicted octanol–water partition coefficient (Wildman–Crippen LogP) is 3.05. The van der Waals surface area contributed by atoms with Gasteiger partial charge in [-0.15, -0.1) is 0 Å². The lowest BCUT2D eigenvalue weighted by atomic mass is 10.7. The van der Waals surface area contributed by atoms with Crippen LogP contribution in [0, 0.1) is 0 Å². The molecule has 0 spiro atoms. The Hall–Kier alpha value is -0.680. The van der Waals surface area contributed by atoms with Crippen LogP contribution in [0.2, 0.25) is 0 Å². The van der Waals surface area contributed by atoms with Crippen LogP contribution < -0.4 is 0 Å². The molecule has 0 aliphatic rings. The monoisotopic (exact) mass is 245 g/mol. The molecule has 0 heterocycles. The molecular formula is C10H15NO2S2. The van der Waals surface area contributed by atoms with E-state index in [1.165, 1.54) is 6.92 Å². The Balaban J connectivity index is 3.60. The summed E-state index contributed by atoms with van der Waals surface area (Å²) in [5.41, 5.74) is 0. The van der Waals surface area contributed by atoms with E-state index >= 15 is 0 Å². The lowest BCUT2D eigenvalue weighted by Crippen LogP contribution is -2.01. The summed E-state index contributed by atoms with van der Waals surface area (Å²) < 4.78 is 4.79. The molecule has 0 aromatic heterocycles. The van der Waals surface area contributed by atoms with E-state index in [2.05, 4.69) is 11.6 Å². The third-order valence-corrected chi connectivity index (χ3v) is 3.50. The number of carbonyl (C=O) groups is 1. The first kappa shape index (κ1) is 14.3. The smallest absolute Gasteiger partial charge is 0.302 e. The molecule has 0 unspecified atom stereocenters. The normalized spacial score (nSPS) is 11.7. The molecule has 0 bridgehead atoms. The van der Waals surface area contributed by atoms with Gasteiger partial charge in [-0.3, -0.25) is 4.79 Å². The van der Waals surface area contributed by atoms with Crippen molar-refractivity contribution in [3.8, 4) is 0 Å². The van der Waals surface area contributed by atoms with Gasteiger partial charge < -0.3 is 4.74 Å². The Bertz CT molecular complexity index is 262. The molecule has 3 nitrogen and oxygen atoms in total. The Morgan fingerprint density at radius 2 is 2.33 bits per heavy atom. The maximum atomic E-state index is 10.5. The van der Waals surface area contributed by atoms with Gasteiger partial charge in [0.2, 0.25) is 0 Å². The van der Waals surface area contributed by atoms with E-state index in [4.69, 9.17) is 4.74 Å². The second-order valence-corrected chi connectivity index (χ2v) is 4.82. The molecule has 0 fully saturated rings. The molecule has 0 N–H and O–H groups in total. The van der Waals surface area contributed by atoms with Crippen molar-refractivity contribution in [2.45, 2.75) is 13.8 Å². The minimum atomic E-state index is -0.239. The first-order valence-corrected chi connectivity index (χ1v) is 6.76. The van der Waals surface area contributed by atoms with E-state index in [1.54, 1.807) is 33.9 Å². The molecule has 15 heavy (non-hydrogen) atoms. The van der Waals surface area contributed by atoms with Gasteiger partial charge in [-0.2, -0.15) is 0 Å². The molecule has 0 radical (unpaired) electrons. The zero-order chi connectivity index (χ0) is 11.5. The first-order chi connectivity index (χ1) is 7.20. The quantitative estimate of drug-likeness (QED) is 0.299. The number of ether oxygens (including phenoxy) is 1. The highest BCUT2D eigenvalue weighted by atomic mass is 33.1. The minimum Gasteiger partial charge on any atom is -0.465 e. The topological polar surface area (TPSA) is 38.7 Å². The van der Waals surface area contributed by atoms with E-state index in [-0.39, 0.29) is 5.97 Å². The molecule has 0 saturated heterocycles. The molecule has 0 amide bonds. The summed E-state index contributed by atoms with van der Waals surface area (Å²) in [6.07, 6.45) is 5.20. The second kappa shape index (κ2) is 9.86. The maximum Gasteiger partial charge on any atom is 0.302 e. The summed E-state index contributed by atoms with van der Waals surface area (Å²) in [5, 5.41) is 0.919. The number of aliphatic imine (C=N–C) groups is 1. The van der Waals surface area contributed by atoms with Crippen molar-refractivity contribution in [2.75, 3.05) is 12.4 Å². The van der Waals surface area contributed by atoms with Gasteiger partial charge in [-0.1, -0.05) is 29.5 Å².